The van der Waals surface area contributed by atoms with Crippen LogP contribution in [0.2, 0.25) is 0 Å². The van der Waals surface area contributed by atoms with E-state index in [0.717, 1.165) is 0 Å². The van der Waals surface area contributed by atoms with Crippen molar-refractivity contribution < 1.29 is 14.1 Å². The fraction of sp³-hybridized carbons (Fsp3) is 0.500. The lowest BCUT2D eigenvalue weighted by atomic mass is 10.4. The molecule has 0 aliphatic carbocycles. The number of aryl methyl sites for hydroxylation is 1. The van der Waals surface area contributed by atoms with Gasteiger partial charge in [0.1, 0.15) is 5.38 Å². The molecular weight excluding hydrogens is 236 g/mol. The lowest BCUT2D eigenvalue weighted by Gasteiger charge is -2.05. The fourth-order valence-electron chi connectivity index (χ4n) is 0.823. The summed E-state index contributed by atoms with van der Waals surface area (Å²) < 4.78 is 4.75. The lowest BCUT2D eigenvalue weighted by molar-refractivity contribution is -0.119. The highest BCUT2D eigenvalue weighted by molar-refractivity contribution is 6.31. The first kappa shape index (κ1) is 12.4. The van der Waals surface area contributed by atoms with E-state index in [-0.39, 0.29) is 12.4 Å². The van der Waals surface area contributed by atoms with Gasteiger partial charge in [-0.25, -0.2) is 4.79 Å². The number of rotatable bonds is 3. The van der Waals surface area contributed by atoms with Crippen molar-refractivity contribution in [3.8, 4) is 0 Å². The number of hydrogen-bond acceptors (Lipinski definition) is 5. The quantitative estimate of drug-likeness (QED) is 0.749. The van der Waals surface area contributed by atoms with Crippen LogP contribution in [0.4, 0.5) is 4.79 Å². The van der Waals surface area contributed by atoms with E-state index in [1.165, 1.54) is 6.92 Å². The summed E-state index contributed by atoms with van der Waals surface area (Å²) in [5.74, 6) is 0.169. The first-order valence-electron chi connectivity index (χ1n) is 4.51. The maximum atomic E-state index is 11.1. The van der Waals surface area contributed by atoms with Crippen molar-refractivity contribution >= 4 is 23.5 Å². The van der Waals surface area contributed by atoms with Crippen molar-refractivity contribution in [2.24, 2.45) is 0 Å². The second-order valence-corrected chi connectivity index (χ2v) is 3.68. The van der Waals surface area contributed by atoms with E-state index in [0.29, 0.717) is 5.82 Å². The van der Waals surface area contributed by atoms with Gasteiger partial charge in [-0.2, -0.15) is 4.98 Å². The largest absolute Gasteiger partial charge is 0.337 e. The third-order valence-electron chi connectivity index (χ3n) is 1.57. The first-order valence-corrected chi connectivity index (χ1v) is 4.94. The van der Waals surface area contributed by atoms with Crippen LogP contribution in [0, 0.1) is 6.92 Å². The van der Waals surface area contributed by atoms with E-state index in [9.17, 15) is 9.59 Å². The number of urea groups is 1. The highest BCUT2D eigenvalue weighted by atomic mass is 35.5. The molecule has 8 heteroatoms. The van der Waals surface area contributed by atoms with E-state index >= 15 is 0 Å². The van der Waals surface area contributed by atoms with Gasteiger partial charge in [0.05, 0.1) is 6.54 Å². The highest BCUT2D eigenvalue weighted by Gasteiger charge is 2.13. The predicted molar refractivity (Wildman–Crippen MR) is 54.7 cm³/mol. The molecule has 2 N–H and O–H groups in total. The second-order valence-electron chi connectivity index (χ2n) is 3.02. The van der Waals surface area contributed by atoms with Gasteiger partial charge in [0.25, 0.3) is 0 Å². The zero-order valence-electron chi connectivity index (χ0n) is 8.78. The van der Waals surface area contributed by atoms with Crippen LogP contribution in [0.1, 0.15) is 18.6 Å². The number of amides is 3. The number of nitrogens with zero attached hydrogens (tertiary/aromatic N) is 2. The Kier molecular flexibility index (Phi) is 4.24. The average molecular weight is 247 g/mol. The Morgan fingerprint density at radius 1 is 1.56 bits per heavy atom. The van der Waals surface area contributed by atoms with E-state index < -0.39 is 17.3 Å². The fourth-order valence-corrected chi connectivity index (χ4v) is 0.878. The monoisotopic (exact) mass is 246 g/mol. The van der Waals surface area contributed by atoms with Gasteiger partial charge in [-0.3, -0.25) is 10.1 Å². The lowest BCUT2D eigenvalue weighted by Crippen LogP contribution is -2.41. The number of nitrogens with one attached hydrogen (secondary N) is 2. The van der Waals surface area contributed by atoms with Crippen molar-refractivity contribution in [2.45, 2.75) is 25.8 Å². The minimum atomic E-state index is -0.767. The van der Waals surface area contributed by atoms with Gasteiger partial charge in [-0.05, 0) is 13.8 Å². The normalized spacial score (nSPS) is 11.9. The first-order chi connectivity index (χ1) is 7.49. The smallest absolute Gasteiger partial charge is 0.321 e. The maximum Gasteiger partial charge on any atom is 0.321 e. The van der Waals surface area contributed by atoms with Crippen LogP contribution in [-0.4, -0.2) is 27.5 Å². The molecule has 1 rings (SSSR count). The summed E-state index contributed by atoms with van der Waals surface area (Å²) in [5, 5.41) is 7.19. The molecule has 0 saturated carbocycles. The van der Waals surface area contributed by atoms with Crippen LogP contribution in [-0.2, 0) is 11.3 Å². The summed E-state index contributed by atoms with van der Waals surface area (Å²) >= 11 is 5.46. The molecule has 1 aromatic rings. The third-order valence-corrected chi connectivity index (χ3v) is 1.77. The summed E-state index contributed by atoms with van der Waals surface area (Å²) in [6.07, 6.45) is 0. The molecular formula is C8H11ClN4O3. The molecule has 16 heavy (non-hydrogen) atoms. The number of aromatic nitrogens is 2. The van der Waals surface area contributed by atoms with E-state index in [1.54, 1.807) is 6.92 Å². The topological polar surface area (TPSA) is 97.1 Å². The minimum Gasteiger partial charge on any atom is -0.337 e. The molecule has 7 nitrogen and oxygen atoms in total. The van der Waals surface area contributed by atoms with Crippen LogP contribution in [0.15, 0.2) is 4.52 Å². The molecule has 0 saturated heterocycles. The van der Waals surface area contributed by atoms with Crippen LogP contribution in [0.25, 0.3) is 0 Å². The van der Waals surface area contributed by atoms with E-state index in [4.69, 9.17) is 16.1 Å². The summed E-state index contributed by atoms with van der Waals surface area (Å²) in [6.45, 7) is 3.17. The average Bonchev–Trinajstić information content (AvgIpc) is 2.61. The van der Waals surface area contributed by atoms with Crippen molar-refractivity contribution in [3.05, 3.63) is 11.7 Å². The maximum absolute atomic E-state index is 11.1. The third kappa shape index (κ3) is 3.85. The molecule has 1 heterocycles. The Morgan fingerprint density at radius 2 is 2.25 bits per heavy atom. The van der Waals surface area contributed by atoms with E-state index in [1.807, 2.05) is 5.32 Å². The number of alkyl halides is 1. The molecule has 88 valence electrons. The Balaban J connectivity index is 2.33. The molecule has 3 amide bonds. The van der Waals surface area contributed by atoms with Gasteiger partial charge in [0.2, 0.25) is 11.8 Å². The molecule has 1 atom stereocenters. The summed E-state index contributed by atoms with van der Waals surface area (Å²) in [4.78, 5) is 26.0. The van der Waals surface area contributed by atoms with Crippen LogP contribution < -0.4 is 10.6 Å². The van der Waals surface area contributed by atoms with E-state index in [2.05, 4.69) is 15.5 Å². The van der Waals surface area contributed by atoms with Gasteiger partial charge in [0.15, 0.2) is 5.82 Å². The molecule has 0 fully saturated rings. The van der Waals surface area contributed by atoms with Crippen molar-refractivity contribution in [2.75, 3.05) is 0 Å². The Bertz CT molecular complexity index is 390. The van der Waals surface area contributed by atoms with Crippen LogP contribution in [0.5, 0.6) is 0 Å². The second kappa shape index (κ2) is 5.45. The zero-order chi connectivity index (χ0) is 12.1. The molecule has 0 aromatic carbocycles. The molecule has 0 radical (unpaired) electrons. The number of imide groups is 1. The van der Waals surface area contributed by atoms with Crippen molar-refractivity contribution in [3.63, 3.8) is 0 Å². The molecule has 0 aliphatic rings. The van der Waals surface area contributed by atoms with Crippen LogP contribution >= 0.6 is 11.6 Å². The SMILES string of the molecule is Cc1noc(CNC(=O)NC(=O)C(C)Cl)n1. The van der Waals surface area contributed by atoms with Gasteiger partial charge in [-0.1, -0.05) is 5.16 Å². The van der Waals surface area contributed by atoms with Gasteiger partial charge in [0, 0.05) is 0 Å². The van der Waals surface area contributed by atoms with Gasteiger partial charge < -0.3 is 9.84 Å². The molecule has 0 spiro atoms. The summed E-state index contributed by atoms with van der Waals surface area (Å²) in [7, 11) is 0. The number of halogens is 1. The molecule has 1 unspecified atom stereocenters. The minimum absolute atomic E-state index is 0.0522. The standard InChI is InChI=1S/C8H11ClN4O3/c1-4(9)7(14)12-8(15)10-3-6-11-5(2)13-16-6/h4H,3H2,1-2H3,(H2,10,12,14,15). The van der Waals surface area contributed by atoms with Crippen molar-refractivity contribution in [1.82, 2.24) is 20.8 Å². The Morgan fingerprint density at radius 3 is 2.75 bits per heavy atom. The number of carbonyl (C=O) groups excluding carboxylic acids is 2. The summed E-state index contributed by atoms with van der Waals surface area (Å²) in [5.41, 5.74) is 0. The van der Waals surface area contributed by atoms with Crippen LogP contribution in [0.3, 0.4) is 0 Å². The van der Waals surface area contributed by atoms with Gasteiger partial charge in [-0.15, -0.1) is 11.6 Å². The van der Waals surface area contributed by atoms with Gasteiger partial charge >= 0.3 is 6.03 Å². The summed E-state index contributed by atoms with van der Waals surface area (Å²) in [6, 6.07) is -0.659. The Hall–Kier alpha value is -1.63. The predicted octanol–water partition coefficient (Wildman–Crippen LogP) is 0.331. The number of carbonyl (C=O) groups is 2. The highest BCUT2D eigenvalue weighted by Crippen LogP contribution is 1.95. The Labute approximate surface area is 96.5 Å². The molecule has 0 bridgehead atoms. The molecule has 0 aliphatic heterocycles. The zero-order valence-corrected chi connectivity index (χ0v) is 9.54. The number of hydrogen-bond donors (Lipinski definition) is 2. The van der Waals surface area contributed by atoms with Crippen molar-refractivity contribution in [1.29, 1.82) is 0 Å². The molecule has 1 aromatic heterocycles.